The molecule has 1 atom stereocenters. The molecule has 5 nitrogen and oxygen atoms in total. The predicted molar refractivity (Wildman–Crippen MR) is 134 cm³/mol. The van der Waals surface area contributed by atoms with Crippen LogP contribution in [0.3, 0.4) is 0 Å². The smallest absolute Gasteiger partial charge is 0.338 e. The summed E-state index contributed by atoms with van der Waals surface area (Å²) in [5.74, 6) is -2.16. The van der Waals surface area contributed by atoms with Gasteiger partial charge in [0.25, 0.3) is 0 Å². The number of pyridine rings is 1. The third-order valence-electron chi connectivity index (χ3n) is 6.16. The van der Waals surface area contributed by atoms with E-state index >= 15 is 0 Å². The van der Waals surface area contributed by atoms with Crippen LogP contribution in [-0.4, -0.2) is 27.0 Å². The Morgan fingerprint density at radius 1 is 0.971 bits per heavy atom. The number of hydrogen-bond donors (Lipinski definition) is 2. The van der Waals surface area contributed by atoms with Gasteiger partial charge in [-0.1, -0.05) is 59.8 Å². The minimum absolute atomic E-state index is 0.0904. The molecule has 4 aromatic rings. The number of carboxylic acids is 1. The Morgan fingerprint density at radius 2 is 1.69 bits per heavy atom. The number of aromatic nitrogens is 1. The van der Waals surface area contributed by atoms with Crippen LogP contribution >= 0.6 is 0 Å². The van der Waals surface area contributed by atoms with Crippen LogP contribution in [0, 0.1) is 19.7 Å². The average Bonchev–Trinajstić information content (AvgIpc) is 2.86. The van der Waals surface area contributed by atoms with E-state index in [9.17, 15) is 19.5 Å². The third kappa shape index (κ3) is 5.27. The summed E-state index contributed by atoms with van der Waals surface area (Å²) in [5.41, 5.74) is 6.47. The van der Waals surface area contributed by atoms with Crippen LogP contribution in [0.2, 0.25) is 0 Å². The lowest BCUT2D eigenvalue weighted by Gasteiger charge is -2.21. The highest BCUT2D eigenvalue weighted by Gasteiger charge is 2.21. The second-order valence-corrected chi connectivity index (χ2v) is 8.47. The van der Waals surface area contributed by atoms with Crippen molar-refractivity contribution >= 4 is 11.7 Å². The second-order valence-electron chi connectivity index (χ2n) is 8.47. The van der Waals surface area contributed by atoms with Gasteiger partial charge in [-0.3, -0.25) is 4.98 Å². The fraction of sp³-hybridized carbons (Fsp3) is 0.138. The minimum atomic E-state index is -1.30. The molecule has 0 bridgehead atoms. The van der Waals surface area contributed by atoms with Crippen LogP contribution in [0.1, 0.15) is 50.6 Å². The highest BCUT2D eigenvalue weighted by molar-refractivity contribution is 6.01. The quantitative estimate of drug-likeness (QED) is 0.182. The van der Waals surface area contributed by atoms with Crippen molar-refractivity contribution in [2.75, 3.05) is 0 Å². The molecule has 6 heteroatoms. The lowest BCUT2D eigenvalue weighted by Crippen LogP contribution is -2.12. The zero-order chi connectivity index (χ0) is 24.9. The van der Waals surface area contributed by atoms with Gasteiger partial charge in [0, 0.05) is 29.8 Å². The van der Waals surface area contributed by atoms with Crippen LogP contribution in [0.4, 0.5) is 4.39 Å². The Labute approximate surface area is 203 Å². The maximum Gasteiger partial charge on any atom is 0.338 e. The van der Waals surface area contributed by atoms with E-state index in [0.717, 1.165) is 33.5 Å². The molecule has 4 rings (SSSR count). The Bertz CT molecular complexity index is 1400. The van der Waals surface area contributed by atoms with Crippen molar-refractivity contribution in [3.63, 3.8) is 0 Å². The molecule has 3 aromatic carbocycles. The number of nitrogens with zero attached hydrogens (tertiary/aromatic N) is 2. The van der Waals surface area contributed by atoms with E-state index in [1.807, 2.05) is 55.5 Å². The second kappa shape index (κ2) is 10.3. The zero-order valence-corrected chi connectivity index (χ0v) is 19.4. The molecule has 0 aliphatic rings. The topological polar surface area (TPSA) is 82.8 Å². The van der Waals surface area contributed by atoms with Gasteiger partial charge in [-0.05, 0) is 65.9 Å². The van der Waals surface area contributed by atoms with Gasteiger partial charge in [-0.25, -0.2) is 9.18 Å². The van der Waals surface area contributed by atoms with Crippen molar-refractivity contribution in [2.24, 2.45) is 5.16 Å². The number of oxime groups is 1. The van der Waals surface area contributed by atoms with Crippen LogP contribution in [0.15, 0.2) is 90.2 Å². The molecule has 0 spiro atoms. The van der Waals surface area contributed by atoms with Crippen LogP contribution in [0.5, 0.6) is 0 Å². The SMILES string of the molecule is Cc1cc(/C(CC(c2ccc(-c3ccc(F)c(C(=O)O)c3)cc2)c2ccccc2C)=N/O)ccn1. The van der Waals surface area contributed by atoms with E-state index < -0.39 is 11.8 Å². The molecule has 1 heterocycles. The van der Waals surface area contributed by atoms with Crippen molar-refractivity contribution < 1.29 is 19.5 Å². The first kappa shape index (κ1) is 23.8. The van der Waals surface area contributed by atoms with Gasteiger partial charge in [0.05, 0.1) is 11.3 Å². The maximum absolute atomic E-state index is 13.8. The normalized spacial score (nSPS) is 12.4. The highest BCUT2D eigenvalue weighted by atomic mass is 19.1. The molecule has 0 radical (unpaired) electrons. The summed E-state index contributed by atoms with van der Waals surface area (Å²) in [4.78, 5) is 15.6. The molecular weight excluding hydrogens is 443 g/mol. The van der Waals surface area contributed by atoms with E-state index in [1.165, 1.54) is 12.1 Å². The summed E-state index contributed by atoms with van der Waals surface area (Å²) in [6.45, 7) is 3.94. The zero-order valence-electron chi connectivity index (χ0n) is 19.4. The standard InChI is InChI=1S/C29H25FN2O3/c1-18-5-3-4-6-24(18)25(17-28(32-35)23-13-14-31-19(2)15-23)21-9-7-20(8-10-21)22-11-12-27(30)26(16-22)29(33)34/h3-16,25,35H,17H2,1-2H3,(H,33,34)/b32-28+. The molecule has 1 aromatic heterocycles. The monoisotopic (exact) mass is 468 g/mol. The Hall–Kier alpha value is -4.32. The summed E-state index contributed by atoms with van der Waals surface area (Å²) in [5, 5.41) is 22.7. The van der Waals surface area contributed by atoms with Gasteiger partial charge >= 0.3 is 5.97 Å². The first-order chi connectivity index (χ1) is 16.9. The molecule has 35 heavy (non-hydrogen) atoms. The Balaban J connectivity index is 1.73. The Morgan fingerprint density at radius 3 is 2.34 bits per heavy atom. The number of benzene rings is 3. The minimum Gasteiger partial charge on any atom is -0.478 e. The van der Waals surface area contributed by atoms with Crippen molar-refractivity contribution in [3.8, 4) is 11.1 Å². The summed E-state index contributed by atoms with van der Waals surface area (Å²) < 4.78 is 13.8. The number of aromatic carboxylic acids is 1. The maximum atomic E-state index is 13.8. The third-order valence-corrected chi connectivity index (χ3v) is 6.16. The van der Waals surface area contributed by atoms with E-state index in [2.05, 4.69) is 29.2 Å². The Kier molecular flexibility index (Phi) is 7.01. The van der Waals surface area contributed by atoms with Crippen molar-refractivity contribution in [3.05, 3.63) is 124 Å². The number of carbonyl (C=O) groups is 1. The summed E-state index contributed by atoms with van der Waals surface area (Å²) >= 11 is 0. The fourth-order valence-electron chi connectivity index (χ4n) is 4.30. The average molecular weight is 469 g/mol. The molecular formula is C29H25FN2O3. The lowest BCUT2D eigenvalue weighted by atomic mass is 9.83. The molecule has 1 unspecified atom stereocenters. The summed E-state index contributed by atoms with van der Waals surface area (Å²) in [6, 6.07) is 23.6. The van der Waals surface area contributed by atoms with E-state index in [4.69, 9.17) is 0 Å². The number of aryl methyl sites for hydroxylation is 2. The van der Waals surface area contributed by atoms with Crippen LogP contribution < -0.4 is 0 Å². The number of hydrogen-bond acceptors (Lipinski definition) is 4. The molecule has 0 saturated carbocycles. The van der Waals surface area contributed by atoms with Gasteiger partial charge in [-0.2, -0.15) is 0 Å². The van der Waals surface area contributed by atoms with Crippen molar-refractivity contribution in [2.45, 2.75) is 26.2 Å². The molecule has 2 N–H and O–H groups in total. The van der Waals surface area contributed by atoms with Crippen molar-refractivity contribution in [1.29, 1.82) is 0 Å². The van der Waals surface area contributed by atoms with E-state index in [0.29, 0.717) is 17.7 Å². The fourth-order valence-corrected chi connectivity index (χ4v) is 4.30. The van der Waals surface area contributed by atoms with E-state index in [-0.39, 0.29) is 11.5 Å². The first-order valence-corrected chi connectivity index (χ1v) is 11.2. The van der Waals surface area contributed by atoms with E-state index in [1.54, 1.807) is 12.3 Å². The molecule has 176 valence electrons. The molecule has 0 fully saturated rings. The number of carboxylic acid groups (broad SMARTS) is 1. The van der Waals surface area contributed by atoms with Crippen LogP contribution in [-0.2, 0) is 0 Å². The highest BCUT2D eigenvalue weighted by Crippen LogP contribution is 2.33. The molecule has 0 aliphatic heterocycles. The van der Waals surface area contributed by atoms with Gasteiger partial charge < -0.3 is 10.3 Å². The van der Waals surface area contributed by atoms with Gasteiger partial charge in [-0.15, -0.1) is 0 Å². The van der Waals surface area contributed by atoms with Gasteiger partial charge in [0.2, 0.25) is 0 Å². The largest absolute Gasteiger partial charge is 0.478 e. The molecule has 0 saturated heterocycles. The van der Waals surface area contributed by atoms with Gasteiger partial charge in [0.1, 0.15) is 5.82 Å². The molecule has 0 aliphatic carbocycles. The summed E-state index contributed by atoms with van der Waals surface area (Å²) in [7, 11) is 0. The van der Waals surface area contributed by atoms with Crippen molar-refractivity contribution in [1.82, 2.24) is 4.98 Å². The summed E-state index contributed by atoms with van der Waals surface area (Å²) in [6.07, 6.45) is 2.16. The first-order valence-electron chi connectivity index (χ1n) is 11.2. The van der Waals surface area contributed by atoms with Gasteiger partial charge in [0.15, 0.2) is 0 Å². The van der Waals surface area contributed by atoms with Crippen LogP contribution in [0.25, 0.3) is 11.1 Å². The number of rotatable bonds is 7. The molecule has 0 amide bonds. The lowest BCUT2D eigenvalue weighted by molar-refractivity contribution is 0.0692. The predicted octanol–water partition coefficient (Wildman–Crippen LogP) is 6.60. The number of halogens is 1.